The summed E-state index contributed by atoms with van der Waals surface area (Å²) in [6.45, 7) is 0. The van der Waals surface area contributed by atoms with E-state index < -0.39 is 15.8 Å². The molecule has 0 spiro atoms. The van der Waals surface area contributed by atoms with Crippen molar-refractivity contribution in [1.29, 1.82) is 0 Å². The third-order valence-electron chi connectivity index (χ3n) is 3.53. The molecule has 25 heavy (non-hydrogen) atoms. The van der Waals surface area contributed by atoms with E-state index in [4.69, 9.17) is 0 Å². The molecular formula is C16H10N4O5. The van der Waals surface area contributed by atoms with Crippen molar-refractivity contribution in [3.05, 3.63) is 80.5 Å². The molecule has 0 fully saturated rings. The molecule has 124 valence electrons. The SMILES string of the molecule is O=C(Nc1c([N+](=O)[O-])ccc2cccnc12)c1ccc([N+](=O)[O-])cc1. The molecule has 0 aliphatic carbocycles. The predicted octanol–water partition coefficient (Wildman–Crippen LogP) is 3.30. The molecule has 3 rings (SSSR count). The highest BCUT2D eigenvalue weighted by molar-refractivity contribution is 6.10. The number of nitrogens with zero attached hydrogens (tertiary/aromatic N) is 3. The molecule has 3 aromatic rings. The normalized spacial score (nSPS) is 10.4. The number of benzene rings is 2. The summed E-state index contributed by atoms with van der Waals surface area (Å²) >= 11 is 0. The van der Waals surface area contributed by atoms with E-state index in [1.165, 1.54) is 36.5 Å². The zero-order chi connectivity index (χ0) is 18.0. The minimum absolute atomic E-state index is 0.0218. The summed E-state index contributed by atoms with van der Waals surface area (Å²) in [5, 5.41) is 25.0. The van der Waals surface area contributed by atoms with Gasteiger partial charge < -0.3 is 5.32 Å². The lowest BCUT2D eigenvalue weighted by Gasteiger charge is -2.09. The Morgan fingerprint density at radius 3 is 2.32 bits per heavy atom. The number of aromatic nitrogens is 1. The summed E-state index contributed by atoms with van der Waals surface area (Å²) < 4.78 is 0. The molecule has 1 N–H and O–H groups in total. The van der Waals surface area contributed by atoms with Crippen LogP contribution in [0.15, 0.2) is 54.7 Å². The summed E-state index contributed by atoms with van der Waals surface area (Å²) in [5.74, 6) is -0.629. The summed E-state index contributed by atoms with van der Waals surface area (Å²) in [5.41, 5.74) is -0.0536. The molecule has 0 atom stereocenters. The van der Waals surface area contributed by atoms with Crippen molar-refractivity contribution in [3.8, 4) is 0 Å². The number of fused-ring (bicyclic) bond motifs is 1. The quantitative estimate of drug-likeness (QED) is 0.574. The number of anilines is 1. The molecule has 9 heteroatoms. The number of nitrogens with one attached hydrogen (secondary N) is 1. The summed E-state index contributed by atoms with van der Waals surface area (Å²) in [6.07, 6.45) is 1.47. The number of pyridine rings is 1. The molecule has 0 saturated heterocycles. The van der Waals surface area contributed by atoms with Gasteiger partial charge in [-0.05, 0) is 24.3 Å². The molecule has 0 radical (unpaired) electrons. The van der Waals surface area contributed by atoms with Crippen LogP contribution in [0.25, 0.3) is 10.9 Å². The minimum Gasteiger partial charge on any atom is -0.314 e. The van der Waals surface area contributed by atoms with Gasteiger partial charge in [0.05, 0.1) is 9.85 Å². The van der Waals surface area contributed by atoms with Gasteiger partial charge in [0.2, 0.25) is 0 Å². The maximum Gasteiger partial charge on any atom is 0.295 e. The Labute approximate surface area is 140 Å². The first kappa shape index (κ1) is 16.0. The van der Waals surface area contributed by atoms with Crippen LogP contribution in [0.5, 0.6) is 0 Å². The molecule has 0 aliphatic rings. The average molecular weight is 338 g/mol. The molecule has 0 bridgehead atoms. The number of rotatable bonds is 4. The van der Waals surface area contributed by atoms with Crippen LogP contribution in [0.2, 0.25) is 0 Å². The lowest BCUT2D eigenvalue weighted by Crippen LogP contribution is -2.13. The number of carbonyl (C=O) groups is 1. The largest absolute Gasteiger partial charge is 0.314 e. The third-order valence-corrected chi connectivity index (χ3v) is 3.53. The Kier molecular flexibility index (Phi) is 4.04. The lowest BCUT2D eigenvalue weighted by molar-refractivity contribution is -0.384. The van der Waals surface area contributed by atoms with Crippen molar-refractivity contribution in [1.82, 2.24) is 4.98 Å². The molecule has 1 heterocycles. The van der Waals surface area contributed by atoms with E-state index in [0.717, 1.165) is 0 Å². The predicted molar refractivity (Wildman–Crippen MR) is 89.4 cm³/mol. The van der Waals surface area contributed by atoms with Crippen LogP contribution in [0.3, 0.4) is 0 Å². The highest BCUT2D eigenvalue weighted by Crippen LogP contribution is 2.32. The first-order valence-corrected chi connectivity index (χ1v) is 7.05. The Morgan fingerprint density at radius 1 is 0.960 bits per heavy atom. The van der Waals surface area contributed by atoms with Crippen LogP contribution < -0.4 is 5.32 Å². The number of carbonyl (C=O) groups excluding carboxylic acids is 1. The van der Waals surface area contributed by atoms with Crippen molar-refractivity contribution >= 4 is 33.9 Å². The van der Waals surface area contributed by atoms with Gasteiger partial charge in [-0.2, -0.15) is 0 Å². The Hall–Kier alpha value is -3.88. The monoisotopic (exact) mass is 338 g/mol. The molecule has 2 aromatic carbocycles. The summed E-state index contributed by atoms with van der Waals surface area (Å²) in [6, 6.07) is 11.1. The summed E-state index contributed by atoms with van der Waals surface area (Å²) in [7, 11) is 0. The van der Waals surface area contributed by atoms with Crippen molar-refractivity contribution in [2.75, 3.05) is 5.32 Å². The third kappa shape index (κ3) is 3.11. The second-order valence-corrected chi connectivity index (χ2v) is 5.05. The molecule has 9 nitrogen and oxygen atoms in total. The van der Waals surface area contributed by atoms with Crippen LogP contribution in [0, 0.1) is 20.2 Å². The van der Waals surface area contributed by atoms with E-state index in [0.29, 0.717) is 5.39 Å². The van der Waals surface area contributed by atoms with E-state index >= 15 is 0 Å². The van der Waals surface area contributed by atoms with Crippen LogP contribution in [-0.2, 0) is 0 Å². The van der Waals surface area contributed by atoms with Gasteiger partial charge in [-0.25, -0.2) is 0 Å². The van der Waals surface area contributed by atoms with Gasteiger partial charge in [-0.15, -0.1) is 0 Å². The Bertz CT molecular complexity index is 1000. The van der Waals surface area contributed by atoms with Gasteiger partial charge in [0.15, 0.2) is 0 Å². The van der Waals surface area contributed by atoms with Gasteiger partial charge in [-0.3, -0.25) is 30.0 Å². The standard InChI is InChI=1S/C16H10N4O5/c21-16(11-3-6-12(7-4-11)19(22)23)18-15-13(20(24)25)8-5-10-2-1-9-17-14(10)15/h1-9H,(H,18,21). The van der Waals surface area contributed by atoms with Crippen molar-refractivity contribution in [2.45, 2.75) is 0 Å². The first-order chi connectivity index (χ1) is 12.0. The molecule has 0 unspecified atom stereocenters. The van der Waals surface area contributed by atoms with Crippen molar-refractivity contribution < 1.29 is 14.6 Å². The number of nitro groups is 2. The van der Waals surface area contributed by atoms with E-state index in [9.17, 15) is 25.0 Å². The zero-order valence-electron chi connectivity index (χ0n) is 12.6. The average Bonchev–Trinajstić information content (AvgIpc) is 2.61. The Morgan fingerprint density at radius 2 is 1.68 bits per heavy atom. The fourth-order valence-electron chi connectivity index (χ4n) is 2.33. The van der Waals surface area contributed by atoms with Crippen LogP contribution in [0.4, 0.5) is 17.1 Å². The van der Waals surface area contributed by atoms with Gasteiger partial charge in [0, 0.05) is 35.3 Å². The van der Waals surface area contributed by atoms with Crippen LogP contribution >= 0.6 is 0 Å². The van der Waals surface area contributed by atoms with E-state index in [1.54, 1.807) is 18.2 Å². The van der Waals surface area contributed by atoms with Gasteiger partial charge in [-0.1, -0.05) is 6.07 Å². The fourth-order valence-corrected chi connectivity index (χ4v) is 2.33. The fraction of sp³-hybridized carbons (Fsp3) is 0. The highest BCUT2D eigenvalue weighted by atomic mass is 16.6. The maximum absolute atomic E-state index is 12.4. The highest BCUT2D eigenvalue weighted by Gasteiger charge is 2.20. The molecule has 1 aromatic heterocycles. The molecule has 1 amide bonds. The second kappa shape index (κ2) is 6.32. The van der Waals surface area contributed by atoms with Gasteiger partial charge in [0.1, 0.15) is 11.2 Å². The van der Waals surface area contributed by atoms with Crippen molar-refractivity contribution in [3.63, 3.8) is 0 Å². The molecular weight excluding hydrogens is 328 g/mol. The second-order valence-electron chi connectivity index (χ2n) is 5.05. The Balaban J connectivity index is 2.01. The van der Waals surface area contributed by atoms with Crippen molar-refractivity contribution in [2.24, 2.45) is 0 Å². The zero-order valence-corrected chi connectivity index (χ0v) is 12.6. The number of hydrogen-bond donors (Lipinski definition) is 1. The summed E-state index contributed by atoms with van der Waals surface area (Å²) in [4.78, 5) is 37.2. The number of nitro benzene ring substituents is 2. The van der Waals surface area contributed by atoms with Crippen LogP contribution in [0.1, 0.15) is 10.4 Å². The lowest BCUT2D eigenvalue weighted by atomic mass is 10.1. The first-order valence-electron chi connectivity index (χ1n) is 7.05. The number of amides is 1. The smallest absolute Gasteiger partial charge is 0.295 e. The molecule has 0 aliphatic heterocycles. The van der Waals surface area contributed by atoms with Gasteiger partial charge in [0.25, 0.3) is 17.3 Å². The van der Waals surface area contributed by atoms with E-state index in [2.05, 4.69) is 10.3 Å². The molecule has 0 saturated carbocycles. The van der Waals surface area contributed by atoms with E-state index in [-0.39, 0.29) is 28.1 Å². The van der Waals surface area contributed by atoms with E-state index in [1.807, 2.05) is 0 Å². The minimum atomic E-state index is -0.629. The van der Waals surface area contributed by atoms with Gasteiger partial charge >= 0.3 is 0 Å². The topological polar surface area (TPSA) is 128 Å². The number of hydrogen-bond acceptors (Lipinski definition) is 6. The number of non-ortho nitro benzene ring substituents is 1. The maximum atomic E-state index is 12.4. The van der Waals surface area contributed by atoms with Crippen LogP contribution in [-0.4, -0.2) is 20.7 Å².